The Hall–Kier alpha value is -1.08. The molecule has 3 unspecified atom stereocenters. The second-order valence-electron chi connectivity index (χ2n) is 5.03. The van der Waals surface area contributed by atoms with E-state index < -0.39 is 12.0 Å². The zero-order valence-corrected chi connectivity index (χ0v) is 12.6. The van der Waals surface area contributed by atoms with E-state index in [-0.39, 0.29) is 18.8 Å². The van der Waals surface area contributed by atoms with Crippen LogP contribution in [0.2, 0.25) is 0 Å². The average Bonchev–Trinajstić information content (AvgIpc) is 2.41. The third kappa shape index (κ3) is 3.52. The van der Waals surface area contributed by atoms with E-state index in [0.29, 0.717) is 0 Å². The lowest BCUT2D eigenvalue weighted by molar-refractivity contribution is -0.231. The van der Waals surface area contributed by atoms with Gasteiger partial charge in [0.1, 0.15) is 12.8 Å². The number of nitrogens with zero attached hydrogens (tertiary/aromatic N) is 1. The fourth-order valence-electron chi connectivity index (χ4n) is 2.04. The number of carboxylic acid groups (broad SMARTS) is 1. The summed E-state index contributed by atoms with van der Waals surface area (Å²) in [5.41, 5.74) is 1.17. The molecule has 6 heteroatoms. The number of hydrogen-bond donors (Lipinski definition) is 1. The highest BCUT2D eigenvalue weighted by atomic mass is 32.2. The monoisotopic (exact) mass is 297 g/mol. The van der Waals surface area contributed by atoms with Crippen LogP contribution < -0.4 is 0 Å². The minimum atomic E-state index is -0.892. The third-order valence-corrected chi connectivity index (χ3v) is 4.25. The molecule has 1 N–H and O–H groups in total. The molecule has 0 aliphatic carbocycles. The van der Waals surface area contributed by atoms with Crippen molar-refractivity contribution in [2.45, 2.75) is 37.8 Å². The first kappa shape index (κ1) is 15.3. The van der Waals surface area contributed by atoms with Gasteiger partial charge in [-0.25, -0.2) is 4.28 Å². The molecular weight excluding hydrogens is 278 g/mol. The van der Waals surface area contributed by atoms with E-state index >= 15 is 0 Å². The summed E-state index contributed by atoms with van der Waals surface area (Å²) >= 11 is 1.14. The normalized spacial score (nSPS) is 27.4. The van der Waals surface area contributed by atoms with Gasteiger partial charge >= 0.3 is 5.97 Å². The van der Waals surface area contributed by atoms with Gasteiger partial charge in [-0.1, -0.05) is 24.6 Å². The van der Waals surface area contributed by atoms with Crippen LogP contribution in [0.5, 0.6) is 0 Å². The fraction of sp³-hybridized carbons (Fsp3) is 0.500. The van der Waals surface area contributed by atoms with Crippen molar-refractivity contribution in [1.29, 1.82) is 0 Å². The Bertz CT molecular complexity index is 465. The Labute approximate surface area is 123 Å². The van der Waals surface area contributed by atoms with Crippen molar-refractivity contribution in [3.63, 3.8) is 0 Å². The first-order chi connectivity index (χ1) is 9.49. The van der Waals surface area contributed by atoms with Crippen molar-refractivity contribution in [2.75, 3.05) is 6.73 Å². The highest BCUT2D eigenvalue weighted by Crippen LogP contribution is 2.28. The van der Waals surface area contributed by atoms with E-state index in [4.69, 9.17) is 9.02 Å². The van der Waals surface area contributed by atoms with Gasteiger partial charge in [-0.15, -0.1) is 5.06 Å². The molecule has 20 heavy (non-hydrogen) atoms. The topological polar surface area (TPSA) is 59.0 Å². The summed E-state index contributed by atoms with van der Waals surface area (Å²) in [4.78, 5) is 12.3. The largest absolute Gasteiger partial charge is 0.480 e. The Kier molecular flexibility index (Phi) is 5.04. The Balaban J connectivity index is 2.00. The summed E-state index contributed by atoms with van der Waals surface area (Å²) in [5.74, 6) is -1.03. The summed E-state index contributed by atoms with van der Waals surface area (Å²) in [6.45, 7) is 5.90. The molecule has 0 spiro atoms. The molecule has 0 aromatic heterocycles. The molecule has 3 atom stereocenters. The lowest BCUT2D eigenvalue weighted by Gasteiger charge is -2.38. The van der Waals surface area contributed by atoms with Crippen LogP contribution in [0.4, 0.5) is 0 Å². The maximum atomic E-state index is 11.4. The molecule has 1 saturated heterocycles. The van der Waals surface area contributed by atoms with Gasteiger partial charge in [0.15, 0.2) is 0 Å². The van der Waals surface area contributed by atoms with Gasteiger partial charge < -0.3 is 9.84 Å². The van der Waals surface area contributed by atoms with Crippen LogP contribution >= 0.6 is 12.0 Å². The molecule has 1 aliphatic rings. The molecule has 1 aromatic carbocycles. The van der Waals surface area contributed by atoms with E-state index in [1.807, 2.05) is 45.0 Å². The van der Waals surface area contributed by atoms with Gasteiger partial charge in [-0.3, -0.25) is 4.79 Å². The Morgan fingerprint density at radius 3 is 2.65 bits per heavy atom. The minimum absolute atomic E-state index is 0.0969. The van der Waals surface area contributed by atoms with Crippen LogP contribution in [0, 0.1) is 12.8 Å². The molecule has 1 heterocycles. The number of ether oxygens (including phenoxy) is 1. The second-order valence-corrected chi connectivity index (χ2v) is 5.82. The van der Waals surface area contributed by atoms with Crippen LogP contribution in [-0.2, 0) is 13.8 Å². The summed E-state index contributed by atoms with van der Waals surface area (Å²) in [6, 6.07) is 7.14. The van der Waals surface area contributed by atoms with E-state index in [9.17, 15) is 9.90 Å². The third-order valence-electron chi connectivity index (χ3n) is 3.52. The molecule has 1 aliphatic heterocycles. The Morgan fingerprint density at radius 2 is 2.05 bits per heavy atom. The van der Waals surface area contributed by atoms with Gasteiger partial charge in [-0.2, -0.15) is 0 Å². The molecule has 0 amide bonds. The number of aliphatic carboxylic acids is 1. The SMILES string of the molecule is Cc1ccc(SON2COC(C)C(C)C2C(=O)O)cc1. The van der Waals surface area contributed by atoms with E-state index in [0.717, 1.165) is 16.9 Å². The molecule has 110 valence electrons. The molecule has 5 nitrogen and oxygen atoms in total. The van der Waals surface area contributed by atoms with E-state index in [1.54, 1.807) is 0 Å². The predicted molar refractivity (Wildman–Crippen MR) is 76.0 cm³/mol. The highest BCUT2D eigenvalue weighted by molar-refractivity contribution is 7.94. The second kappa shape index (κ2) is 6.58. The van der Waals surface area contributed by atoms with Crippen molar-refractivity contribution < 1.29 is 18.9 Å². The quantitative estimate of drug-likeness (QED) is 0.862. The molecule has 0 saturated carbocycles. The van der Waals surface area contributed by atoms with Gasteiger partial charge in [-0.05, 0) is 26.0 Å². The van der Waals surface area contributed by atoms with Gasteiger partial charge in [0.2, 0.25) is 0 Å². The van der Waals surface area contributed by atoms with Crippen molar-refractivity contribution in [2.24, 2.45) is 5.92 Å². The molecule has 0 bridgehead atoms. The van der Waals surface area contributed by atoms with Crippen molar-refractivity contribution in [1.82, 2.24) is 5.06 Å². The van der Waals surface area contributed by atoms with Gasteiger partial charge in [0.25, 0.3) is 0 Å². The molecular formula is C14H19NO4S. The number of rotatable bonds is 4. The molecule has 1 aromatic rings. The number of hydroxylamine groups is 2. The molecule has 0 radical (unpaired) electrons. The summed E-state index contributed by atoms with van der Waals surface area (Å²) < 4.78 is 11.1. The smallest absolute Gasteiger partial charge is 0.323 e. The first-order valence-corrected chi connectivity index (χ1v) is 7.25. The van der Waals surface area contributed by atoms with Crippen LogP contribution in [0.25, 0.3) is 0 Å². The van der Waals surface area contributed by atoms with Crippen molar-refractivity contribution in [3.8, 4) is 0 Å². The van der Waals surface area contributed by atoms with Crippen LogP contribution in [0.1, 0.15) is 19.4 Å². The van der Waals surface area contributed by atoms with Crippen LogP contribution in [0.3, 0.4) is 0 Å². The predicted octanol–water partition coefficient (Wildman–Crippen LogP) is 2.70. The zero-order valence-electron chi connectivity index (χ0n) is 11.8. The van der Waals surface area contributed by atoms with Gasteiger partial charge in [0, 0.05) is 10.8 Å². The lowest BCUT2D eigenvalue weighted by Crippen LogP contribution is -2.53. The van der Waals surface area contributed by atoms with E-state index in [1.165, 1.54) is 10.6 Å². The molecule has 2 rings (SSSR count). The summed E-state index contributed by atoms with van der Waals surface area (Å²) in [6.07, 6.45) is -0.0969. The van der Waals surface area contributed by atoms with Crippen LogP contribution in [0.15, 0.2) is 29.2 Å². The fourth-order valence-corrected chi connectivity index (χ4v) is 2.61. The maximum Gasteiger partial charge on any atom is 0.323 e. The van der Waals surface area contributed by atoms with Crippen molar-refractivity contribution >= 4 is 18.0 Å². The standard InChI is InChI=1S/C14H19NO4S/c1-9-4-6-12(7-5-9)20-19-15-8-18-11(3)10(2)13(15)14(16)17/h4-7,10-11,13H,8H2,1-3H3,(H,16,17). The van der Waals surface area contributed by atoms with Crippen molar-refractivity contribution in [3.05, 3.63) is 29.8 Å². The molecule has 1 fully saturated rings. The first-order valence-electron chi connectivity index (χ1n) is 6.51. The minimum Gasteiger partial charge on any atom is -0.480 e. The lowest BCUT2D eigenvalue weighted by atomic mass is 9.95. The maximum absolute atomic E-state index is 11.4. The van der Waals surface area contributed by atoms with Crippen LogP contribution in [-0.4, -0.2) is 35.0 Å². The van der Waals surface area contributed by atoms with Gasteiger partial charge in [0.05, 0.1) is 18.1 Å². The summed E-state index contributed by atoms with van der Waals surface area (Å²) in [7, 11) is 0. The van der Waals surface area contributed by atoms with E-state index in [2.05, 4.69) is 0 Å². The number of carboxylic acids is 1. The summed E-state index contributed by atoms with van der Waals surface area (Å²) in [5, 5.41) is 10.7. The average molecular weight is 297 g/mol. The zero-order chi connectivity index (χ0) is 14.7. The number of hydrogen-bond acceptors (Lipinski definition) is 5. The number of aryl methyl sites for hydroxylation is 1. The number of carbonyl (C=O) groups is 1. The number of benzene rings is 1. The Morgan fingerprint density at radius 1 is 1.40 bits per heavy atom. The highest BCUT2D eigenvalue weighted by Gasteiger charge is 2.40.